The molecule has 4 rings (SSSR count). The maximum Gasteiger partial charge on any atom is 0.0596 e. The lowest BCUT2D eigenvalue weighted by Crippen LogP contribution is -2.49. The van der Waals surface area contributed by atoms with Crippen molar-refractivity contribution in [2.45, 2.75) is 70.8 Å². The van der Waals surface area contributed by atoms with Gasteiger partial charge < -0.3 is 9.84 Å². The van der Waals surface area contributed by atoms with Crippen LogP contribution in [-0.2, 0) is 4.74 Å². The molecule has 4 fully saturated rings. The van der Waals surface area contributed by atoms with Crippen LogP contribution in [0.3, 0.4) is 0 Å². The van der Waals surface area contributed by atoms with Crippen LogP contribution in [-0.4, -0.2) is 24.9 Å². The number of ether oxygens (including phenoxy) is 1. The quantitative estimate of drug-likeness (QED) is 0.826. The lowest BCUT2D eigenvalue weighted by atomic mass is 9.50. The highest BCUT2D eigenvalue weighted by Crippen LogP contribution is 2.62. The van der Waals surface area contributed by atoms with Crippen molar-refractivity contribution in [1.82, 2.24) is 0 Å². The van der Waals surface area contributed by atoms with Gasteiger partial charge in [-0.1, -0.05) is 6.92 Å². The summed E-state index contributed by atoms with van der Waals surface area (Å²) in [5.41, 5.74) is 0.251. The van der Waals surface area contributed by atoms with Crippen LogP contribution in [0, 0.1) is 40.9 Å². The minimum Gasteiger partial charge on any atom is -0.393 e. The van der Waals surface area contributed by atoms with Gasteiger partial charge in [0.2, 0.25) is 0 Å². The van der Waals surface area contributed by atoms with Crippen LogP contribution in [0.25, 0.3) is 0 Å². The van der Waals surface area contributed by atoms with Crippen LogP contribution in [0.4, 0.5) is 0 Å². The number of hydrogen-bond acceptors (Lipinski definition) is 2. The third kappa shape index (κ3) is 2.28. The maximum atomic E-state index is 10.5. The van der Waals surface area contributed by atoms with E-state index in [2.05, 4.69) is 6.92 Å². The second-order valence-corrected chi connectivity index (χ2v) is 9.21. The first-order valence-corrected chi connectivity index (χ1v) is 9.80. The zero-order valence-corrected chi connectivity index (χ0v) is 14.5. The SMILES string of the molecule is COCC1CCC2C(CCC3C2CCC2(C)C(O)CCC32)C1. The molecule has 22 heavy (non-hydrogen) atoms. The van der Waals surface area contributed by atoms with Crippen LogP contribution in [0.2, 0.25) is 0 Å². The molecule has 0 aromatic heterocycles. The summed E-state index contributed by atoms with van der Waals surface area (Å²) in [6.07, 6.45) is 12.2. The Bertz CT molecular complexity index is 409. The normalized spacial score (nSPS) is 54.4. The highest BCUT2D eigenvalue weighted by Gasteiger charge is 2.56. The van der Waals surface area contributed by atoms with Crippen LogP contribution >= 0.6 is 0 Å². The molecule has 1 N–H and O–H groups in total. The van der Waals surface area contributed by atoms with Crippen LogP contribution in [0.15, 0.2) is 0 Å². The molecule has 0 radical (unpaired) electrons. The van der Waals surface area contributed by atoms with Gasteiger partial charge in [0.1, 0.15) is 0 Å². The Morgan fingerprint density at radius 1 is 0.955 bits per heavy atom. The van der Waals surface area contributed by atoms with Crippen LogP contribution in [0.1, 0.15) is 64.7 Å². The topological polar surface area (TPSA) is 29.5 Å². The van der Waals surface area contributed by atoms with E-state index < -0.39 is 0 Å². The van der Waals surface area contributed by atoms with Gasteiger partial charge in [0.25, 0.3) is 0 Å². The lowest BCUT2D eigenvalue weighted by molar-refractivity contribution is -0.0876. The summed E-state index contributed by atoms with van der Waals surface area (Å²) in [6, 6.07) is 0. The van der Waals surface area contributed by atoms with Crippen molar-refractivity contribution in [3.05, 3.63) is 0 Å². The number of rotatable bonds is 2. The fourth-order valence-corrected chi connectivity index (χ4v) is 7.31. The summed E-state index contributed by atoms with van der Waals surface area (Å²) in [5.74, 6) is 5.52. The molecular formula is C20H34O2. The molecule has 2 heteroatoms. The van der Waals surface area contributed by atoms with Crippen molar-refractivity contribution in [2.24, 2.45) is 40.9 Å². The highest BCUT2D eigenvalue weighted by atomic mass is 16.5. The number of aliphatic hydroxyl groups excluding tert-OH is 1. The molecule has 8 unspecified atom stereocenters. The van der Waals surface area contributed by atoms with Gasteiger partial charge in [-0.2, -0.15) is 0 Å². The van der Waals surface area contributed by atoms with Crippen molar-refractivity contribution in [3.63, 3.8) is 0 Å². The number of fused-ring (bicyclic) bond motifs is 5. The molecule has 126 valence electrons. The largest absolute Gasteiger partial charge is 0.393 e. The number of hydrogen-bond donors (Lipinski definition) is 1. The smallest absolute Gasteiger partial charge is 0.0596 e. The third-order valence-electron chi connectivity index (χ3n) is 8.42. The molecule has 0 amide bonds. The molecule has 4 aliphatic carbocycles. The predicted octanol–water partition coefficient (Wildman–Crippen LogP) is 4.26. The molecule has 0 spiro atoms. The summed E-state index contributed by atoms with van der Waals surface area (Å²) < 4.78 is 5.42. The first-order chi connectivity index (χ1) is 10.6. The second kappa shape index (κ2) is 5.77. The molecule has 0 heterocycles. The van der Waals surface area contributed by atoms with Crippen molar-refractivity contribution < 1.29 is 9.84 Å². The summed E-state index contributed by atoms with van der Waals surface area (Å²) in [6.45, 7) is 3.37. The van der Waals surface area contributed by atoms with Crippen molar-refractivity contribution in [3.8, 4) is 0 Å². The van der Waals surface area contributed by atoms with Gasteiger partial charge in [-0.05, 0) is 98.7 Å². The van der Waals surface area contributed by atoms with Crippen molar-refractivity contribution in [1.29, 1.82) is 0 Å². The van der Waals surface area contributed by atoms with E-state index in [1.165, 1.54) is 51.4 Å². The summed E-state index contributed by atoms with van der Waals surface area (Å²) in [5, 5.41) is 10.5. The minimum atomic E-state index is -0.0198. The first-order valence-electron chi connectivity index (χ1n) is 9.80. The van der Waals surface area contributed by atoms with Gasteiger partial charge in [-0.25, -0.2) is 0 Å². The highest BCUT2D eigenvalue weighted by molar-refractivity contribution is 5.06. The standard InChI is InChI=1S/C20H34O2/c1-20-10-9-16-15-5-3-13(12-22-2)11-14(15)4-6-17(16)18(20)7-8-19(20)21/h13-19,21H,3-12H2,1-2H3. The van der Waals surface area contributed by atoms with E-state index in [1.54, 1.807) is 0 Å². The second-order valence-electron chi connectivity index (χ2n) is 9.21. The summed E-state index contributed by atoms with van der Waals surface area (Å²) in [7, 11) is 1.86. The van der Waals surface area contributed by atoms with E-state index in [-0.39, 0.29) is 11.5 Å². The van der Waals surface area contributed by atoms with Crippen LogP contribution in [0.5, 0.6) is 0 Å². The van der Waals surface area contributed by atoms with E-state index in [0.29, 0.717) is 0 Å². The Morgan fingerprint density at radius 3 is 2.59 bits per heavy atom. The molecule has 0 aromatic rings. The lowest BCUT2D eigenvalue weighted by Gasteiger charge is -2.55. The predicted molar refractivity (Wildman–Crippen MR) is 88.5 cm³/mol. The molecule has 0 bridgehead atoms. The number of aliphatic hydroxyl groups is 1. The first kappa shape index (κ1) is 15.4. The Balaban J connectivity index is 1.49. The zero-order chi connectivity index (χ0) is 15.3. The minimum absolute atomic E-state index is 0.0198. The third-order valence-corrected chi connectivity index (χ3v) is 8.42. The molecule has 2 nitrogen and oxygen atoms in total. The molecular weight excluding hydrogens is 272 g/mol. The van der Waals surface area contributed by atoms with E-state index in [4.69, 9.17) is 4.74 Å². The van der Waals surface area contributed by atoms with E-state index >= 15 is 0 Å². The van der Waals surface area contributed by atoms with Gasteiger partial charge in [0.15, 0.2) is 0 Å². The Kier molecular flexibility index (Phi) is 4.05. The molecule has 4 aliphatic rings. The van der Waals surface area contributed by atoms with Gasteiger partial charge in [0, 0.05) is 13.7 Å². The average molecular weight is 306 g/mol. The van der Waals surface area contributed by atoms with Crippen molar-refractivity contribution in [2.75, 3.05) is 13.7 Å². The fourth-order valence-electron chi connectivity index (χ4n) is 7.31. The molecule has 4 saturated carbocycles. The summed E-state index contributed by atoms with van der Waals surface area (Å²) >= 11 is 0. The van der Waals surface area contributed by atoms with Gasteiger partial charge in [0.05, 0.1) is 6.10 Å². The number of methoxy groups -OCH3 is 1. The van der Waals surface area contributed by atoms with Crippen LogP contribution < -0.4 is 0 Å². The molecule has 0 aromatic carbocycles. The molecule has 0 aliphatic heterocycles. The van der Waals surface area contributed by atoms with Crippen molar-refractivity contribution >= 4 is 0 Å². The van der Waals surface area contributed by atoms with E-state index in [1.807, 2.05) is 7.11 Å². The fraction of sp³-hybridized carbons (Fsp3) is 1.00. The van der Waals surface area contributed by atoms with Gasteiger partial charge >= 0.3 is 0 Å². The van der Waals surface area contributed by atoms with Gasteiger partial charge in [-0.15, -0.1) is 0 Å². The van der Waals surface area contributed by atoms with E-state index in [0.717, 1.165) is 48.5 Å². The monoisotopic (exact) mass is 306 g/mol. The molecule has 8 atom stereocenters. The molecule has 0 saturated heterocycles. The Morgan fingerprint density at radius 2 is 1.77 bits per heavy atom. The van der Waals surface area contributed by atoms with E-state index in [9.17, 15) is 5.11 Å². The average Bonchev–Trinajstić information content (AvgIpc) is 2.83. The summed E-state index contributed by atoms with van der Waals surface area (Å²) in [4.78, 5) is 0. The maximum absolute atomic E-state index is 10.5. The zero-order valence-electron chi connectivity index (χ0n) is 14.5. The Labute approximate surface area is 136 Å². The Hall–Kier alpha value is -0.0800. The van der Waals surface area contributed by atoms with Gasteiger partial charge in [-0.3, -0.25) is 0 Å².